The van der Waals surface area contributed by atoms with Gasteiger partial charge in [0.2, 0.25) is 12.3 Å². The van der Waals surface area contributed by atoms with Gasteiger partial charge in [-0.1, -0.05) is 33.3 Å². The van der Waals surface area contributed by atoms with Gasteiger partial charge in [-0.05, 0) is 30.0 Å². The molecule has 1 rings (SSSR count). The van der Waals surface area contributed by atoms with Crippen LogP contribution in [-0.2, 0) is 9.59 Å². The lowest BCUT2D eigenvalue weighted by Crippen LogP contribution is -2.20. The van der Waals surface area contributed by atoms with Crippen molar-refractivity contribution in [2.24, 2.45) is 0 Å². The van der Waals surface area contributed by atoms with Crippen LogP contribution in [0.2, 0.25) is 0 Å². The number of benzene rings is 1. The Morgan fingerprint density at radius 1 is 1.38 bits per heavy atom. The first-order chi connectivity index (χ1) is 9.96. The first-order valence-electron chi connectivity index (χ1n) is 7.16. The lowest BCUT2D eigenvalue weighted by Gasteiger charge is -2.08. The van der Waals surface area contributed by atoms with Crippen molar-refractivity contribution in [3.63, 3.8) is 0 Å². The van der Waals surface area contributed by atoms with E-state index in [1.54, 1.807) is 7.05 Å². The van der Waals surface area contributed by atoms with Crippen molar-refractivity contribution in [2.45, 2.75) is 46.0 Å². The van der Waals surface area contributed by atoms with Crippen molar-refractivity contribution in [2.75, 3.05) is 12.4 Å². The van der Waals surface area contributed by atoms with Gasteiger partial charge in [0.05, 0.1) is 0 Å². The molecule has 0 unspecified atom stereocenters. The Morgan fingerprint density at radius 2 is 2.05 bits per heavy atom. The number of unbranched alkanes of at least 4 members (excludes halogenated alkanes) is 1. The molecule has 2 amide bonds. The minimum absolute atomic E-state index is 0.128. The van der Waals surface area contributed by atoms with Crippen molar-refractivity contribution < 1.29 is 14.0 Å². The van der Waals surface area contributed by atoms with E-state index in [1.165, 1.54) is 6.07 Å². The minimum atomic E-state index is -0.188. The summed E-state index contributed by atoms with van der Waals surface area (Å²) in [4.78, 5) is 20.1. The summed E-state index contributed by atoms with van der Waals surface area (Å²) in [5.74, 6) is -0.0698. The van der Waals surface area contributed by atoms with Crippen LogP contribution in [-0.4, -0.2) is 19.4 Å². The van der Waals surface area contributed by atoms with Gasteiger partial charge < -0.3 is 5.32 Å². The highest BCUT2D eigenvalue weighted by Gasteiger charge is 2.05. The molecule has 0 aliphatic carbocycles. The van der Waals surface area contributed by atoms with Gasteiger partial charge >= 0.3 is 0 Å². The number of halogens is 1. The van der Waals surface area contributed by atoms with E-state index in [0.717, 1.165) is 24.1 Å². The maximum atomic E-state index is 13.2. The van der Waals surface area contributed by atoms with Crippen LogP contribution in [0, 0.1) is 5.82 Å². The van der Waals surface area contributed by atoms with Gasteiger partial charge in [0.25, 0.3) is 0 Å². The molecular weight excluding hydrogens is 271 g/mol. The summed E-state index contributed by atoms with van der Waals surface area (Å²) in [6, 6.07) is 5.24. The van der Waals surface area contributed by atoms with Crippen LogP contribution in [0.5, 0.6) is 0 Å². The van der Waals surface area contributed by atoms with E-state index >= 15 is 0 Å². The maximum absolute atomic E-state index is 13.2. The fourth-order valence-electron chi connectivity index (χ4n) is 1.63. The van der Waals surface area contributed by atoms with Gasteiger partial charge in [0.15, 0.2) is 0 Å². The molecule has 118 valence electrons. The van der Waals surface area contributed by atoms with Gasteiger partial charge in [0, 0.05) is 19.2 Å². The smallest absolute Gasteiger partial charge is 0.226 e. The highest BCUT2D eigenvalue weighted by atomic mass is 19.1. The van der Waals surface area contributed by atoms with Gasteiger partial charge in [-0.15, -0.1) is 0 Å². The maximum Gasteiger partial charge on any atom is 0.226 e. The third kappa shape index (κ3) is 8.07. The van der Waals surface area contributed by atoms with Crippen molar-refractivity contribution in [1.82, 2.24) is 5.32 Å². The summed E-state index contributed by atoms with van der Waals surface area (Å²) in [6.07, 6.45) is 2.69. The second-order valence-corrected chi connectivity index (χ2v) is 4.93. The second-order valence-electron chi connectivity index (χ2n) is 4.93. The lowest BCUT2D eigenvalue weighted by molar-refractivity contribution is -0.125. The van der Waals surface area contributed by atoms with E-state index in [1.807, 2.05) is 32.9 Å². The fraction of sp³-hybridized carbons (Fsp3) is 0.500. The van der Waals surface area contributed by atoms with E-state index < -0.39 is 0 Å². The van der Waals surface area contributed by atoms with Crippen LogP contribution in [0.25, 0.3) is 0 Å². The standard InChI is InChI=1S/C10H14FN.C6H11NO2/c1-7(2)9-5-4-8(12-3)6-10(9)11;1-2-3-4-6(9)7-5-8/h4-7,12H,1-3H3;5H,2-4H2,1H3,(H,7,8,9). The summed E-state index contributed by atoms with van der Waals surface area (Å²) >= 11 is 0. The normalized spacial score (nSPS) is 9.62. The molecule has 0 aliphatic rings. The molecule has 0 spiro atoms. The van der Waals surface area contributed by atoms with Crippen LogP contribution in [0.1, 0.15) is 51.5 Å². The summed E-state index contributed by atoms with van der Waals surface area (Å²) in [6.45, 7) is 5.96. The molecule has 0 aromatic heterocycles. The topological polar surface area (TPSA) is 58.2 Å². The van der Waals surface area contributed by atoms with Crippen molar-refractivity contribution >= 4 is 18.0 Å². The predicted octanol–water partition coefficient (Wildman–Crippen LogP) is 3.44. The van der Waals surface area contributed by atoms with Crippen LogP contribution < -0.4 is 10.6 Å². The Balaban J connectivity index is 0.000000400. The molecule has 0 heterocycles. The molecule has 4 nitrogen and oxygen atoms in total. The average molecular weight is 296 g/mol. The molecule has 0 fully saturated rings. The molecule has 0 atom stereocenters. The van der Waals surface area contributed by atoms with Crippen LogP contribution in [0.4, 0.5) is 10.1 Å². The van der Waals surface area contributed by atoms with E-state index in [0.29, 0.717) is 12.8 Å². The van der Waals surface area contributed by atoms with E-state index in [9.17, 15) is 14.0 Å². The Labute approximate surface area is 126 Å². The van der Waals surface area contributed by atoms with Crippen molar-refractivity contribution in [3.8, 4) is 0 Å². The zero-order valence-electron chi connectivity index (χ0n) is 13.2. The summed E-state index contributed by atoms with van der Waals surface area (Å²) in [5, 5.41) is 4.95. The molecule has 0 saturated carbocycles. The molecular formula is C16H25FN2O2. The SMILES string of the molecule is CCCCC(=O)NC=O.CNc1ccc(C(C)C)c(F)c1. The summed E-state index contributed by atoms with van der Waals surface area (Å²) < 4.78 is 13.2. The van der Waals surface area contributed by atoms with Crippen LogP contribution in [0.3, 0.4) is 0 Å². The Hall–Kier alpha value is -1.91. The monoisotopic (exact) mass is 296 g/mol. The van der Waals surface area contributed by atoms with Gasteiger partial charge in [0.1, 0.15) is 5.82 Å². The number of hydrogen-bond acceptors (Lipinski definition) is 3. The number of nitrogens with one attached hydrogen (secondary N) is 2. The molecule has 0 saturated heterocycles. The quantitative estimate of drug-likeness (QED) is 0.791. The minimum Gasteiger partial charge on any atom is -0.388 e. The average Bonchev–Trinajstić information content (AvgIpc) is 2.45. The molecule has 2 N–H and O–H groups in total. The number of anilines is 1. The number of carbonyl (C=O) groups excluding carboxylic acids is 2. The van der Waals surface area contributed by atoms with Crippen LogP contribution in [0.15, 0.2) is 18.2 Å². The molecule has 5 heteroatoms. The van der Waals surface area contributed by atoms with E-state index in [2.05, 4.69) is 10.6 Å². The summed E-state index contributed by atoms with van der Waals surface area (Å²) in [5.41, 5.74) is 1.59. The molecule has 0 bridgehead atoms. The molecule has 0 aliphatic heterocycles. The number of hydrogen-bond donors (Lipinski definition) is 2. The number of amides is 2. The molecule has 1 aromatic rings. The fourth-order valence-corrected chi connectivity index (χ4v) is 1.63. The Bertz CT molecular complexity index is 448. The lowest BCUT2D eigenvalue weighted by atomic mass is 10.0. The van der Waals surface area contributed by atoms with Gasteiger partial charge in [-0.2, -0.15) is 0 Å². The summed E-state index contributed by atoms with van der Waals surface area (Å²) in [7, 11) is 1.78. The van der Waals surface area contributed by atoms with E-state index in [4.69, 9.17) is 0 Å². The largest absolute Gasteiger partial charge is 0.388 e. The first-order valence-corrected chi connectivity index (χ1v) is 7.16. The van der Waals surface area contributed by atoms with Gasteiger partial charge in [-0.3, -0.25) is 14.9 Å². The van der Waals surface area contributed by atoms with Crippen molar-refractivity contribution in [1.29, 1.82) is 0 Å². The number of imide groups is 1. The molecule has 0 radical (unpaired) electrons. The number of carbonyl (C=O) groups is 2. The molecule has 21 heavy (non-hydrogen) atoms. The zero-order valence-corrected chi connectivity index (χ0v) is 13.2. The third-order valence-corrected chi connectivity index (χ3v) is 2.89. The zero-order chi connectivity index (χ0) is 16.3. The highest BCUT2D eigenvalue weighted by molar-refractivity contribution is 5.85. The highest BCUT2D eigenvalue weighted by Crippen LogP contribution is 2.20. The van der Waals surface area contributed by atoms with Crippen molar-refractivity contribution in [3.05, 3.63) is 29.6 Å². The van der Waals surface area contributed by atoms with Gasteiger partial charge in [-0.25, -0.2) is 4.39 Å². The number of rotatable bonds is 6. The molecule has 1 aromatic carbocycles. The Morgan fingerprint density at radius 3 is 2.48 bits per heavy atom. The predicted molar refractivity (Wildman–Crippen MR) is 83.8 cm³/mol. The Kier molecular flexibility index (Phi) is 9.84. The third-order valence-electron chi connectivity index (χ3n) is 2.89. The first kappa shape index (κ1) is 19.1. The van der Waals surface area contributed by atoms with Crippen LogP contribution >= 0.6 is 0 Å². The second kappa shape index (κ2) is 10.8. The van der Waals surface area contributed by atoms with E-state index in [-0.39, 0.29) is 17.6 Å².